The highest BCUT2D eigenvalue weighted by atomic mass is 16.2. The number of amides is 1. The predicted octanol–water partition coefficient (Wildman–Crippen LogP) is 0.806. The molecule has 0 atom stereocenters. The number of hydrogen-bond acceptors (Lipinski definition) is 2. The Bertz CT molecular complexity index is 134. The minimum atomic E-state index is 0.249. The number of carbonyl (C=O) groups is 1. The molecule has 0 aliphatic heterocycles. The molecule has 0 radical (unpaired) electrons. The maximum absolute atomic E-state index is 11.3. The minimum absolute atomic E-state index is 0.249. The van der Waals surface area contributed by atoms with Crippen LogP contribution in [0.1, 0.15) is 19.8 Å². The topological polar surface area (TPSA) is 23.6 Å². The lowest BCUT2D eigenvalue weighted by molar-refractivity contribution is -0.129. The summed E-state index contributed by atoms with van der Waals surface area (Å²) in [4.78, 5) is 15.1. The molecule has 0 saturated heterocycles. The highest BCUT2D eigenvalue weighted by molar-refractivity contribution is 5.75. The van der Waals surface area contributed by atoms with Crippen LogP contribution in [0.25, 0.3) is 0 Å². The Morgan fingerprint density at radius 3 is 2.25 bits per heavy atom. The van der Waals surface area contributed by atoms with E-state index < -0.39 is 0 Å². The molecule has 0 aromatic carbocycles. The summed E-state index contributed by atoms with van der Waals surface area (Å²) in [5.41, 5.74) is 0. The molecule has 0 unspecified atom stereocenters. The van der Waals surface area contributed by atoms with Gasteiger partial charge in [0.25, 0.3) is 0 Å². The summed E-state index contributed by atoms with van der Waals surface area (Å²) in [5, 5.41) is 0. The second-order valence-electron chi connectivity index (χ2n) is 3.31. The van der Waals surface area contributed by atoms with E-state index in [0.717, 1.165) is 19.5 Å². The quantitative estimate of drug-likeness (QED) is 0.612. The molecule has 0 aromatic heterocycles. The number of hydrogen-bond donors (Lipinski definition) is 0. The van der Waals surface area contributed by atoms with Gasteiger partial charge in [-0.25, -0.2) is 0 Å². The van der Waals surface area contributed by atoms with Gasteiger partial charge in [0.15, 0.2) is 0 Å². The van der Waals surface area contributed by atoms with Crippen LogP contribution in [0.2, 0.25) is 0 Å². The molecule has 72 valence electrons. The van der Waals surface area contributed by atoms with E-state index in [9.17, 15) is 4.79 Å². The monoisotopic (exact) mass is 172 g/mol. The van der Waals surface area contributed by atoms with E-state index in [4.69, 9.17) is 0 Å². The van der Waals surface area contributed by atoms with Gasteiger partial charge in [0.05, 0.1) is 0 Å². The van der Waals surface area contributed by atoms with Gasteiger partial charge in [0.2, 0.25) is 5.91 Å². The molecule has 12 heavy (non-hydrogen) atoms. The summed E-state index contributed by atoms with van der Waals surface area (Å²) in [5.74, 6) is 0.249. The van der Waals surface area contributed by atoms with Gasteiger partial charge in [-0.05, 0) is 34.0 Å². The van der Waals surface area contributed by atoms with Crippen LogP contribution in [0.15, 0.2) is 0 Å². The van der Waals surface area contributed by atoms with Crippen LogP contribution >= 0.6 is 0 Å². The van der Waals surface area contributed by atoms with Crippen molar-refractivity contribution >= 4 is 5.91 Å². The zero-order chi connectivity index (χ0) is 9.56. The molecule has 0 aromatic rings. The number of nitrogens with zero attached hydrogens (tertiary/aromatic N) is 2. The van der Waals surface area contributed by atoms with Crippen LogP contribution in [-0.4, -0.2) is 49.9 Å². The molecule has 0 aliphatic rings. The van der Waals surface area contributed by atoms with E-state index in [2.05, 4.69) is 4.90 Å². The zero-order valence-corrected chi connectivity index (χ0v) is 8.63. The standard InChI is InChI=1S/C9H20N2O/c1-5-11(4)9(12)7-6-8-10(2)3/h5-8H2,1-4H3. The van der Waals surface area contributed by atoms with E-state index in [0.29, 0.717) is 6.42 Å². The van der Waals surface area contributed by atoms with Crippen LogP contribution in [0.3, 0.4) is 0 Å². The highest BCUT2D eigenvalue weighted by Gasteiger charge is 2.05. The first kappa shape index (κ1) is 11.4. The summed E-state index contributed by atoms with van der Waals surface area (Å²) < 4.78 is 0. The molecule has 0 fully saturated rings. The SMILES string of the molecule is CCN(C)C(=O)CCCN(C)C. The Labute approximate surface area is 75.3 Å². The van der Waals surface area contributed by atoms with Crippen molar-refractivity contribution in [1.82, 2.24) is 9.80 Å². The summed E-state index contributed by atoms with van der Waals surface area (Å²) in [6, 6.07) is 0. The fraction of sp³-hybridized carbons (Fsp3) is 0.889. The van der Waals surface area contributed by atoms with Crippen molar-refractivity contribution in [2.24, 2.45) is 0 Å². The predicted molar refractivity (Wildman–Crippen MR) is 51.1 cm³/mol. The summed E-state index contributed by atoms with van der Waals surface area (Å²) in [6.45, 7) is 3.79. The number of carbonyl (C=O) groups excluding carboxylic acids is 1. The van der Waals surface area contributed by atoms with Crippen LogP contribution < -0.4 is 0 Å². The van der Waals surface area contributed by atoms with Crippen LogP contribution in [-0.2, 0) is 4.79 Å². The van der Waals surface area contributed by atoms with Crippen LogP contribution in [0, 0.1) is 0 Å². The molecule has 1 amide bonds. The molecule has 3 nitrogen and oxygen atoms in total. The molecule has 0 bridgehead atoms. The van der Waals surface area contributed by atoms with Gasteiger partial charge in [-0.2, -0.15) is 0 Å². The molecule has 0 rings (SSSR count). The largest absolute Gasteiger partial charge is 0.346 e. The molecule has 0 spiro atoms. The van der Waals surface area contributed by atoms with Gasteiger partial charge < -0.3 is 9.80 Å². The van der Waals surface area contributed by atoms with E-state index >= 15 is 0 Å². The third-order valence-corrected chi connectivity index (χ3v) is 1.90. The molecule has 0 heterocycles. The maximum Gasteiger partial charge on any atom is 0.222 e. The molecule has 0 aliphatic carbocycles. The van der Waals surface area contributed by atoms with Crippen molar-refractivity contribution in [3.8, 4) is 0 Å². The first-order valence-electron chi connectivity index (χ1n) is 4.46. The van der Waals surface area contributed by atoms with Crippen LogP contribution in [0.4, 0.5) is 0 Å². The maximum atomic E-state index is 11.3. The fourth-order valence-electron chi connectivity index (χ4n) is 0.914. The minimum Gasteiger partial charge on any atom is -0.346 e. The lowest BCUT2D eigenvalue weighted by Gasteiger charge is -2.15. The highest BCUT2D eigenvalue weighted by Crippen LogP contribution is 1.95. The second-order valence-corrected chi connectivity index (χ2v) is 3.31. The molecule has 0 N–H and O–H groups in total. The Morgan fingerprint density at radius 1 is 1.25 bits per heavy atom. The van der Waals surface area contributed by atoms with Gasteiger partial charge in [-0.15, -0.1) is 0 Å². The lowest BCUT2D eigenvalue weighted by Crippen LogP contribution is -2.26. The first-order valence-corrected chi connectivity index (χ1v) is 4.46. The normalized spacial score (nSPS) is 10.4. The van der Waals surface area contributed by atoms with Gasteiger partial charge in [0, 0.05) is 20.0 Å². The third-order valence-electron chi connectivity index (χ3n) is 1.90. The third kappa shape index (κ3) is 5.13. The second kappa shape index (κ2) is 6.00. The lowest BCUT2D eigenvalue weighted by atomic mass is 10.2. The van der Waals surface area contributed by atoms with Gasteiger partial charge in [-0.1, -0.05) is 0 Å². The smallest absolute Gasteiger partial charge is 0.222 e. The molecular formula is C9H20N2O. The fourth-order valence-corrected chi connectivity index (χ4v) is 0.914. The molecule has 3 heteroatoms. The van der Waals surface area contributed by atoms with Gasteiger partial charge in [0.1, 0.15) is 0 Å². The van der Waals surface area contributed by atoms with E-state index in [1.807, 2.05) is 28.1 Å². The Morgan fingerprint density at radius 2 is 1.83 bits per heavy atom. The first-order chi connectivity index (χ1) is 5.57. The number of rotatable bonds is 5. The Kier molecular flexibility index (Phi) is 5.72. The Hall–Kier alpha value is -0.570. The summed E-state index contributed by atoms with van der Waals surface area (Å²) in [6.07, 6.45) is 1.62. The van der Waals surface area contributed by atoms with E-state index in [1.54, 1.807) is 4.90 Å². The summed E-state index contributed by atoms with van der Waals surface area (Å²) in [7, 11) is 5.89. The van der Waals surface area contributed by atoms with Crippen molar-refractivity contribution < 1.29 is 4.79 Å². The van der Waals surface area contributed by atoms with Gasteiger partial charge in [-0.3, -0.25) is 4.79 Å². The summed E-state index contributed by atoms with van der Waals surface area (Å²) >= 11 is 0. The van der Waals surface area contributed by atoms with Gasteiger partial charge >= 0.3 is 0 Å². The van der Waals surface area contributed by atoms with Crippen molar-refractivity contribution in [3.05, 3.63) is 0 Å². The molecule has 0 saturated carbocycles. The van der Waals surface area contributed by atoms with E-state index in [-0.39, 0.29) is 5.91 Å². The van der Waals surface area contributed by atoms with Crippen molar-refractivity contribution in [2.45, 2.75) is 19.8 Å². The molecular weight excluding hydrogens is 152 g/mol. The van der Waals surface area contributed by atoms with Crippen LogP contribution in [0.5, 0.6) is 0 Å². The average molecular weight is 172 g/mol. The van der Waals surface area contributed by atoms with Crippen molar-refractivity contribution in [2.75, 3.05) is 34.2 Å². The zero-order valence-electron chi connectivity index (χ0n) is 8.63. The van der Waals surface area contributed by atoms with Crippen molar-refractivity contribution in [3.63, 3.8) is 0 Å². The van der Waals surface area contributed by atoms with Crippen molar-refractivity contribution in [1.29, 1.82) is 0 Å². The Balaban J connectivity index is 3.44. The van der Waals surface area contributed by atoms with E-state index in [1.165, 1.54) is 0 Å². The average Bonchev–Trinajstić information content (AvgIpc) is 2.02.